The van der Waals surface area contributed by atoms with Gasteiger partial charge in [0.2, 0.25) is 0 Å². The normalized spacial score (nSPS) is 9.80. The van der Waals surface area contributed by atoms with Crippen LogP contribution >= 0.6 is 22.6 Å². The molecule has 0 unspecified atom stereocenters. The van der Waals surface area contributed by atoms with E-state index in [-0.39, 0.29) is 14.8 Å². The Hall–Kier alpha value is -1.25. The van der Waals surface area contributed by atoms with Crippen LogP contribution in [0.15, 0.2) is 12.1 Å². The molecule has 1 aromatic carbocycles. The molecule has 0 fully saturated rings. The third kappa shape index (κ3) is 2.22. The van der Waals surface area contributed by atoms with E-state index in [0.717, 1.165) is 19.2 Å². The van der Waals surface area contributed by atoms with Crippen LogP contribution in [-0.4, -0.2) is 18.0 Å². The molecule has 15 heavy (non-hydrogen) atoms. The quantitative estimate of drug-likeness (QED) is 0.361. The Morgan fingerprint density at radius 1 is 1.60 bits per heavy atom. The number of nitrogens with zero attached hydrogens (tertiary/aromatic N) is 1. The van der Waals surface area contributed by atoms with E-state index in [9.17, 15) is 19.3 Å². The molecule has 5 nitrogen and oxygen atoms in total. The maximum absolute atomic E-state index is 13.4. The molecule has 0 saturated carbocycles. The highest BCUT2D eigenvalue weighted by molar-refractivity contribution is 14.1. The van der Waals surface area contributed by atoms with Crippen LogP contribution < -0.4 is 0 Å². The van der Waals surface area contributed by atoms with Gasteiger partial charge in [0, 0.05) is 6.07 Å². The van der Waals surface area contributed by atoms with Gasteiger partial charge < -0.3 is 4.74 Å². The van der Waals surface area contributed by atoms with Gasteiger partial charge in [0.25, 0.3) is 5.69 Å². The molecule has 1 rings (SSSR count). The highest BCUT2D eigenvalue weighted by Gasteiger charge is 2.22. The molecule has 0 amide bonds. The highest BCUT2D eigenvalue weighted by Crippen LogP contribution is 2.26. The Balaban J connectivity index is 3.33. The average molecular weight is 325 g/mol. The third-order valence-electron chi connectivity index (χ3n) is 1.66. The van der Waals surface area contributed by atoms with Crippen molar-refractivity contribution in [1.29, 1.82) is 0 Å². The van der Waals surface area contributed by atoms with E-state index in [4.69, 9.17) is 0 Å². The zero-order valence-electron chi connectivity index (χ0n) is 7.49. The Kier molecular flexibility index (Phi) is 3.56. The van der Waals surface area contributed by atoms with Gasteiger partial charge >= 0.3 is 5.97 Å². The van der Waals surface area contributed by atoms with Crippen LogP contribution in [0.2, 0.25) is 0 Å². The smallest absolute Gasteiger partial charge is 0.340 e. The first kappa shape index (κ1) is 11.8. The molecule has 0 spiro atoms. The fourth-order valence-electron chi connectivity index (χ4n) is 0.948. The van der Waals surface area contributed by atoms with Crippen molar-refractivity contribution in [2.24, 2.45) is 0 Å². The molecule has 0 aromatic heterocycles. The lowest BCUT2D eigenvalue weighted by atomic mass is 10.2. The molecule has 0 atom stereocenters. The van der Waals surface area contributed by atoms with Crippen LogP contribution in [0.3, 0.4) is 0 Å². The van der Waals surface area contributed by atoms with Gasteiger partial charge in [0.1, 0.15) is 3.57 Å². The number of carbonyl (C=O) groups excluding carboxylic acids is 1. The van der Waals surface area contributed by atoms with Gasteiger partial charge in [0.05, 0.1) is 17.6 Å². The molecular formula is C8H5FINO4. The van der Waals surface area contributed by atoms with E-state index in [1.807, 2.05) is 0 Å². The Bertz CT molecular complexity index is 435. The number of hydrogen-bond donors (Lipinski definition) is 0. The number of rotatable bonds is 2. The first-order valence-electron chi connectivity index (χ1n) is 3.69. The summed E-state index contributed by atoms with van der Waals surface area (Å²) in [5.74, 6) is -1.79. The van der Waals surface area contributed by atoms with Crippen LogP contribution in [-0.2, 0) is 4.74 Å². The maximum Gasteiger partial charge on any atom is 0.340 e. The summed E-state index contributed by atoms with van der Waals surface area (Å²) in [6.07, 6.45) is 0. The number of nitro groups is 1. The van der Waals surface area contributed by atoms with Crippen LogP contribution in [0.1, 0.15) is 10.4 Å². The summed E-state index contributed by atoms with van der Waals surface area (Å²) in [6.45, 7) is 0. The summed E-state index contributed by atoms with van der Waals surface area (Å²) in [4.78, 5) is 20.8. The summed E-state index contributed by atoms with van der Waals surface area (Å²) in [5, 5.41) is 10.4. The molecule has 0 N–H and O–H groups in total. The summed E-state index contributed by atoms with van der Waals surface area (Å²) < 4.78 is 17.6. The van der Waals surface area contributed by atoms with Crippen LogP contribution in [0.4, 0.5) is 10.1 Å². The molecule has 0 aliphatic carbocycles. The van der Waals surface area contributed by atoms with Gasteiger partial charge in [-0.05, 0) is 28.7 Å². The zero-order chi connectivity index (χ0) is 11.6. The summed E-state index contributed by atoms with van der Waals surface area (Å²) in [6, 6.07) is 2.10. The molecule has 80 valence electrons. The van der Waals surface area contributed by atoms with E-state index >= 15 is 0 Å². The fourth-order valence-corrected chi connectivity index (χ4v) is 1.62. The SMILES string of the molecule is COC(=O)c1ccc([N+](=O)[O-])c(I)c1F. The van der Waals surface area contributed by atoms with Gasteiger partial charge in [-0.3, -0.25) is 10.1 Å². The molecule has 0 aliphatic heterocycles. The van der Waals surface area contributed by atoms with Gasteiger partial charge in [-0.15, -0.1) is 0 Å². The second-order valence-electron chi connectivity index (χ2n) is 2.51. The summed E-state index contributed by atoms with van der Waals surface area (Å²) in [5.41, 5.74) is -0.687. The van der Waals surface area contributed by atoms with E-state index in [2.05, 4.69) is 4.74 Å². The Morgan fingerprint density at radius 2 is 2.20 bits per heavy atom. The standard InChI is InChI=1S/C8H5FINO4/c1-15-8(12)4-2-3-5(11(13)14)7(10)6(4)9/h2-3H,1H3. The lowest BCUT2D eigenvalue weighted by molar-refractivity contribution is -0.386. The number of ether oxygens (including phenoxy) is 1. The first-order chi connectivity index (χ1) is 6.99. The van der Waals surface area contributed by atoms with Crippen molar-refractivity contribution < 1.29 is 18.8 Å². The topological polar surface area (TPSA) is 69.4 Å². The number of carbonyl (C=O) groups is 1. The average Bonchev–Trinajstić information content (AvgIpc) is 2.20. The van der Waals surface area contributed by atoms with Crippen molar-refractivity contribution in [2.45, 2.75) is 0 Å². The Morgan fingerprint density at radius 3 is 2.67 bits per heavy atom. The van der Waals surface area contributed by atoms with Crippen LogP contribution in [0, 0.1) is 19.5 Å². The van der Waals surface area contributed by atoms with Crippen LogP contribution in [0.25, 0.3) is 0 Å². The zero-order valence-corrected chi connectivity index (χ0v) is 9.65. The number of benzene rings is 1. The first-order valence-corrected chi connectivity index (χ1v) is 4.77. The van der Waals surface area contributed by atoms with Crippen molar-refractivity contribution in [1.82, 2.24) is 0 Å². The maximum atomic E-state index is 13.4. The van der Waals surface area contributed by atoms with Crippen molar-refractivity contribution in [3.05, 3.63) is 37.2 Å². The lowest BCUT2D eigenvalue weighted by Crippen LogP contribution is -2.07. The molecule has 0 bridgehead atoms. The van der Waals surface area contributed by atoms with Gasteiger partial charge in [-0.25, -0.2) is 9.18 Å². The number of hydrogen-bond acceptors (Lipinski definition) is 4. The molecule has 0 radical (unpaired) electrons. The van der Waals surface area contributed by atoms with Crippen LogP contribution in [0.5, 0.6) is 0 Å². The molecule has 0 heterocycles. The monoisotopic (exact) mass is 325 g/mol. The molecule has 0 aliphatic rings. The largest absolute Gasteiger partial charge is 0.465 e. The van der Waals surface area contributed by atoms with Crippen molar-refractivity contribution in [2.75, 3.05) is 7.11 Å². The van der Waals surface area contributed by atoms with Gasteiger partial charge in [-0.2, -0.15) is 0 Å². The molecule has 1 aromatic rings. The van der Waals surface area contributed by atoms with E-state index < -0.39 is 16.7 Å². The van der Waals surface area contributed by atoms with Crippen molar-refractivity contribution >= 4 is 34.2 Å². The second kappa shape index (κ2) is 4.51. The summed E-state index contributed by atoms with van der Waals surface area (Å²) in [7, 11) is 1.11. The molecular weight excluding hydrogens is 320 g/mol. The number of esters is 1. The minimum Gasteiger partial charge on any atom is -0.465 e. The third-order valence-corrected chi connectivity index (χ3v) is 2.69. The fraction of sp³-hybridized carbons (Fsp3) is 0.125. The second-order valence-corrected chi connectivity index (χ2v) is 3.59. The summed E-state index contributed by atoms with van der Waals surface area (Å²) >= 11 is 1.47. The Labute approximate surface area is 97.5 Å². The predicted octanol–water partition coefficient (Wildman–Crippen LogP) is 2.13. The number of halogens is 2. The predicted molar refractivity (Wildman–Crippen MR) is 57.1 cm³/mol. The lowest BCUT2D eigenvalue weighted by Gasteiger charge is -2.02. The van der Waals surface area contributed by atoms with Gasteiger partial charge in [-0.1, -0.05) is 0 Å². The molecule has 7 heteroatoms. The molecule has 0 saturated heterocycles. The van der Waals surface area contributed by atoms with E-state index in [0.29, 0.717) is 0 Å². The van der Waals surface area contributed by atoms with Crippen molar-refractivity contribution in [3.63, 3.8) is 0 Å². The number of nitro benzene ring substituents is 1. The van der Waals surface area contributed by atoms with E-state index in [1.165, 1.54) is 22.6 Å². The van der Waals surface area contributed by atoms with Crippen molar-refractivity contribution in [3.8, 4) is 0 Å². The van der Waals surface area contributed by atoms with Gasteiger partial charge in [0.15, 0.2) is 5.82 Å². The highest BCUT2D eigenvalue weighted by atomic mass is 127. The number of methoxy groups -OCH3 is 1. The minimum atomic E-state index is -0.934. The van der Waals surface area contributed by atoms with E-state index in [1.54, 1.807) is 0 Å². The minimum absolute atomic E-state index is 0.208.